The van der Waals surface area contributed by atoms with Crippen LogP contribution in [0, 0.1) is 0 Å². The van der Waals surface area contributed by atoms with Crippen LogP contribution in [-0.2, 0) is 22.5 Å². The molecule has 1 unspecified atom stereocenters. The maximum absolute atomic E-state index is 12.0. The highest BCUT2D eigenvalue weighted by atomic mass is 31.3. The summed E-state index contributed by atoms with van der Waals surface area (Å²) in [5, 5.41) is 8.87. The van der Waals surface area contributed by atoms with Crippen molar-refractivity contribution in [2.75, 3.05) is 7.11 Å². The van der Waals surface area contributed by atoms with Crippen molar-refractivity contribution < 1.29 is 47.0 Å². The molecular formula is C17H16O10P2. The third-order valence-corrected chi connectivity index (χ3v) is 5.88. The number of aromatic carboxylic acids is 1. The molecule has 0 spiro atoms. The number of hydrogen-bond acceptors (Lipinski definition) is 7. The van der Waals surface area contributed by atoms with Crippen LogP contribution in [0.1, 0.15) is 31.8 Å². The summed E-state index contributed by atoms with van der Waals surface area (Å²) >= 11 is 0. The van der Waals surface area contributed by atoms with Crippen LogP contribution >= 0.6 is 15.6 Å². The van der Waals surface area contributed by atoms with Crippen LogP contribution in [0.3, 0.4) is 0 Å². The molecule has 3 N–H and O–H groups in total. The molecule has 0 aliphatic carbocycles. The quantitative estimate of drug-likeness (QED) is 0.408. The predicted octanol–water partition coefficient (Wildman–Crippen LogP) is 3.58. The molecule has 1 atom stereocenters. The van der Waals surface area contributed by atoms with E-state index in [-0.39, 0.29) is 11.1 Å². The summed E-state index contributed by atoms with van der Waals surface area (Å²) in [6.45, 7) is 0. The SMILES string of the molecule is COP(=O)(OC(=O)c1ccc(C=Cc2ccc(C(=O)O)cc2)cc1)OP(=O)(O)O. The van der Waals surface area contributed by atoms with E-state index in [1.807, 2.05) is 0 Å². The maximum atomic E-state index is 12.0. The van der Waals surface area contributed by atoms with Gasteiger partial charge in [0.1, 0.15) is 0 Å². The van der Waals surface area contributed by atoms with E-state index >= 15 is 0 Å². The van der Waals surface area contributed by atoms with Gasteiger partial charge in [0.2, 0.25) is 0 Å². The summed E-state index contributed by atoms with van der Waals surface area (Å²) in [5.74, 6) is -2.18. The summed E-state index contributed by atoms with van der Waals surface area (Å²) in [4.78, 5) is 40.3. The average molecular weight is 442 g/mol. The number of carboxylic acid groups (broad SMARTS) is 1. The Hall–Kier alpha value is -2.58. The van der Waals surface area contributed by atoms with Crippen molar-refractivity contribution in [3.05, 3.63) is 70.8 Å². The Kier molecular flexibility index (Phi) is 7.26. The van der Waals surface area contributed by atoms with Crippen LogP contribution in [0.15, 0.2) is 48.5 Å². The van der Waals surface area contributed by atoms with Gasteiger partial charge >= 0.3 is 27.6 Å². The molecule has 0 radical (unpaired) electrons. The normalized spacial score (nSPS) is 13.8. The van der Waals surface area contributed by atoms with Crippen molar-refractivity contribution in [1.29, 1.82) is 0 Å². The van der Waals surface area contributed by atoms with Crippen molar-refractivity contribution in [3.63, 3.8) is 0 Å². The zero-order valence-electron chi connectivity index (χ0n) is 14.9. The smallest absolute Gasteiger partial charge is 0.478 e. The number of carboxylic acids is 1. The average Bonchev–Trinajstić information content (AvgIpc) is 2.65. The van der Waals surface area contributed by atoms with E-state index in [2.05, 4.69) is 13.4 Å². The Balaban J connectivity index is 2.07. The third-order valence-electron chi connectivity index (χ3n) is 3.40. The van der Waals surface area contributed by atoms with Crippen LogP contribution in [0.25, 0.3) is 12.2 Å². The third kappa shape index (κ3) is 7.07. The van der Waals surface area contributed by atoms with E-state index in [9.17, 15) is 18.7 Å². The topological polar surface area (TPSA) is 157 Å². The number of hydrogen-bond donors (Lipinski definition) is 3. The van der Waals surface area contributed by atoms with Gasteiger partial charge in [-0.05, 0) is 35.4 Å². The van der Waals surface area contributed by atoms with Crippen LogP contribution in [0.2, 0.25) is 0 Å². The lowest BCUT2D eigenvalue weighted by atomic mass is 10.1. The van der Waals surface area contributed by atoms with E-state index in [0.29, 0.717) is 5.56 Å². The van der Waals surface area contributed by atoms with Gasteiger partial charge in [0.25, 0.3) is 0 Å². The minimum absolute atomic E-state index is 0.0560. The number of phosphoric acid groups is 2. The van der Waals surface area contributed by atoms with Crippen LogP contribution < -0.4 is 0 Å². The van der Waals surface area contributed by atoms with Crippen LogP contribution in [0.4, 0.5) is 0 Å². The van der Waals surface area contributed by atoms with Crippen LogP contribution in [0.5, 0.6) is 0 Å². The molecule has 0 heterocycles. The molecule has 0 aliphatic rings. The van der Waals surface area contributed by atoms with E-state index in [1.54, 1.807) is 36.4 Å². The molecule has 154 valence electrons. The monoisotopic (exact) mass is 442 g/mol. The molecule has 0 bridgehead atoms. The molecular weight excluding hydrogens is 426 g/mol. The summed E-state index contributed by atoms with van der Waals surface area (Å²) < 4.78 is 35.4. The van der Waals surface area contributed by atoms with Crippen molar-refractivity contribution in [1.82, 2.24) is 0 Å². The highest BCUT2D eigenvalue weighted by Gasteiger charge is 2.38. The molecule has 0 saturated heterocycles. The first-order valence-electron chi connectivity index (χ1n) is 7.79. The molecule has 2 rings (SSSR count). The van der Waals surface area contributed by atoms with Gasteiger partial charge in [-0.15, -0.1) is 0 Å². The fourth-order valence-corrected chi connectivity index (χ4v) is 3.86. The number of carbonyl (C=O) groups excluding carboxylic acids is 1. The lowest BCUT2D eigenvalue weighted by Crippen LogP contribution is -2.06. The Morgan fingerprint density at radius 3 is 1.69 bits per heavy atom. The fraction of sp³-hybridized carbons (Fsp3) is 0.0588. The first-order chi connectivity index (χ1) is 13.5. The minimum atomic E-state index is -5.21. The highest BCUT2D eigenvalue weighted by molar-refractivity contribution is 7.61. The molecule has 10 nitrogen and oxygen atoms in total. The second-order valence-corrected chi connectivity index (χ2v) is 8.54. The molecule has 2 aromatic rings. The second kappa shape index (κ2) is 9.28. The zero-order valence-corrected chi connectivity index (χ0v) is 16.7. The summed E-state index contributed by atoms with van der Waals surface area (Å²) in [7, 11) is -9.19. The van der Waals surface area contributed by atoms with Crippen molar-refractivity contribution >= 4 is 39.7 Å². The zero-order chi connectivity index (χ0) is 21.7. The van der Waals surface area contributed by atoms with E-state index in [1.165, 1.54) is 24.3 Å². The van der Waals surface area contributed by atoms with Crippen molar-refractivity contribution in [2.24, 2.45) is 0 Å². The molecule has 29 heavy (non-hydrogen) atoms. The number of benzene rings is 2. The molecule has 0 amide bonds. The molecule has 12 heteroatoms. The Morgan fingerprint density at radius 2 is 1.31 bits per heavy atom. The van der Waals surface area contributed by atoms with Gasteiger partial charge in [0.15, 0.2) is 0 Å². The van der Waals surface area contributed by atoms with E-state index in [4.69, 9.17) is 14.9 Å². The first-order valence-corrected chi connectivity index (χ1v) is 10.8. The lowest BCUT2D eigenvalue weighted by molar-refractivity contribution is 0.0655. The maximum Gasteiger partial charge on any atom is 0.541 e. The van der Waals surface area contributed by atoms with Gasteiger partial charge in [-0.25, -0.2) is 18.7 Å². The molecule has 0 saturated carbocycles. The van der Waals surface area contributed by atoms with Gasteiger partial charge in [-0.1, -0.05) is 36.4 Å². The first kappa shape index (κ1) is 22.7. The van der Waals surface area contributed by atoms with Gasteiger partial charge < -0.3 is 19.4 Å². The van der Waals surface area contributed by atoms with Crippen molar-refractivity contribution in [2.45, 2.75) is 0 Å². The summed E-state index contributed by atoms with van der Waals surface area (Å²) in [5.41, 5.74) is 1.56. The lowest BCUT2D eigenvalue weighted by Gasteiger charge is -2.15. The Bertz CT molecular complexity index is 1010. The molecule has 0 aromatic heterocycles. The number of carbonyl (C=O) groups is 2. The number of rotatable bonds is 8. The molecule has 0 aliphatic heterocycles. The summed E-state index contributed by atoms with van der Waals surface area (Å²) in [6, 6.07) is 12.0. The molecule has 2 aromatic carbocycles. The fourth-order valence-electron chi connectivity index (χ4n) is 2.03. The predicted molar refractivity (Wildman–Crippen MR) is 102 cm³/mol. The van der Waals surface area contributed by atoms with E-state index in [0.717, 1.165) is 12.7 Å². The Morgan fingerprint density at radius 1 is 0.862 bits per heavy atom. The highest BCUT2D eigenvalue weighted by Crippen LogP contribution is 2.60. The summed E-state index contributed by atoms with van der Waals surface area (Å²) in [6.07, 6.45) is 3.44. The minimum Gasteiger partial charge on any atom is -0.478 e. The van der Waals surface area contributed by atoms with Crippen LogP contribution in [-0.4, -0.2) is 33.9 Å². The van der Waals surface area contributed by atoms with Gasteiger partial charge in [-0.2, -0.15) is 4.31 Å². The van der Waals surface area contributed by atoms with Gasteiger partial charge in [0.05, 0.1) is 11.1 Å². The number of phosphoric ester groups is 1. The largest absolute Gasteiger partial charge is 0.541 e. The molecule has 0 fully saturated rings. The van der Waals surface area contributed by atoms with Gasteiger partial charge in [-0.3, -0.25) is 4.52 Å². The van der Waals surface area contributed by atoms with Crippen molar-refractivity contribution in [3.8, 4) is 0 Å². The standard InChI is InChI=1S/C17H16O10P2/c1-25-29(24,27-28(21,22)23)26-17(20)15-10-6-13(7-11-15)3-2-12-4-8-14(9-5-12)16(18)19/h2-11H,1H3,(H,18,19)(H2,21,22,23). The van der Waals surface area contributed by atoms with Gasteiger partial charge in [0, 0.05) is 7.11 Å². The van der Waals surface area contributed by atoms with E-state index < -0.39 is 27.6 Å². The second-order valence-electron chi connectivity index (χ2n) is 5.46. The Labute approximate surface area is 165 Å².